The molecular weight excluding hydrogens is 446 g/mol. The first-order valence-electron chi connectivity index (χ1n) is 11.3. The van der Waals surface area contributed by atoms with E-state index in [0.29, 0.717) is 11.4 Å². The van der Waals surface area contributed by atoms with Crippen LogP contribution in [-0.2, 0) is 19.1 Å². The maximum Gasteiger partial charge on any atom is 0.344 e. The number of aromatic nitrogens is 1. The second-order valence-electron chi connectivity index (χ2n) is 8.46. The van der Waals surface area contributed by atoms with E-state index in [-0.39, 0.29) is 18.3 Å². The zero-order valence-corrected chi connectivity index (χ0v) is 20.1. The predicted molar refractivity (Wildman–Crippen MR) is 132 cm³/mol. The average molecular weight is 474 g/mol. The molecule has 0 bridgehead atoms. The van der Waals surface area contributed by atoms with Crippen LogP contribution < -0.4 is 15.2 Å². The predicted octanol–water partition coefficient (Wildman–Crippen LogP) is 3.89. The van der Waals surface area contributed by atoms with Gasteiger partial charge >= 0.3 is 5.97 Å². The highest BCUT2D eigenvalue weighted by atomic mass is 16.6. The first kappa shape index (κ1) is 23.8. The number of aryl methyl sites for hydroxylation is 1. The van der Waals surface area contributed by atoms with Crippen molar-refractivity contribution in [2.45, 2.75) is 33.8 Å². The lowest BCUT2D eigenvalue weighted by Gasteiger charge is -2.13. The number of carbonyl (C=O) groups excluding carboxylic acids is 3. The van der Waals surface area contributed by atoms with Gasteiger partial charge in [-0.3, -0.25) is 15.0 Å². The lowest BCUT2D eigenvalue weighted by atomic mass is 10.1. The van der Waals surface area contributed by atoms with Crippen LogP contribution in [0.4, 0.5) is 5.69 Å². The van der Waals surface area contributed by atoms with E-state index in [1.54, 1.807) is 56.3 Å². The average Bonchev–Trinajstić information content (AvgIpc) is 3.27. The molecule has 0 radical (unpaired) electrons. The van der Waals surface area contributed by atoms with Crippen LogP contribution in [0.1, 0.15) is 30.8 Å². The number of rotatable bonds is 7. The second kappa shape index (κ2) is 9.89. The Morgan fingerprint density at radius 2 is 1.69 bits per heavy atom. The summed E-state index contributed by atoms with van der Waals surface area (Å²) >= 11 is 0. The Morgan fingerprint density at radius 3 is 2.34 bits per heavy atom. The minimum absolute atomic E-state index is 0.0751. The quantitative estimate of drug-likeness (QED) is 0.320. The van der Waals surface area contributed by atoms with Crippen LogP contribution in [0.25, 0.3) is 11.8 Å². The van der Waals surface area contributed by atoms with E-state index in [1.807, 2.05) is 42.7 Å². The van der Waals surface area contributed by atoms with Gasteiger partial charge in [-0.05, 0) is 81.8 Å². The van der Waals surface area contributed by atoms with Gasteiger partial charge in [-0.1, -0.05) is 18.2 Å². The summed E-state index contributed by atoms with van der Waals surface area (Å²) in [4.78, 5) is 37.2. The maximum atomic E-state index is 12.9. The summed E-state index contributed by atoms with van der Waals surface area (Å²) < 4.78 is 12.6. The number of nitrogens with one attached hydrogen (secondary N) is 1. The molecule has 35 heavy (non-hydrogen) atoms. The lowest BCUT2D eigenvalue weighted by Crippen LogP contribution is -2.35. The SMILES string of the molecule is Cc1cc(C=C2C(=O)NN(c3ccccc3)C2=O)c(C)n1-c1ccc(OCC(=O)OC(C)C)cc1. The van der Waals surface area contributed by atoms with Crippen molar-refractivity contribution < 1.29 is 23.9 Å². The van der Waals surface area contributed by atoms with Crippen LogP contribution in [0, 0.1) is 13.8 Å². The molecule has 180 valence electrons. The number of esters is 1. The first-order chi connectivity index (χ1) is 16.7. The molecule has 2 aromatic carbocycles. The van der Waals surface area contributed by atoms with Crippen LogP contribution in [0.5, 0.6) is 5.75 Å². The summed E-state index contributed by atoms with van der Waals surface area (Å²) in [6, 6.07) is 18.2. The number of para-hydroxylation sites is 1. The van der Waals surface area contributed by atoms with E-state index in [4.69, 9.17) is 9.47 Å². The molecular formula is C27H27N3O5. The molecule has 1 aromatic heterocycles. The van der Waals surface area contributed by atoms with Crippen molar-refractivity contribution in [1.29, 1.82) is 0 Å². The number of amides is 2. The van der Waals surface area contributed by atoms with Gasteiger partial charge < -0.3 is 14.0 Å². The maximum absolute atomic E-state index is 12.9. The van der Waals surface area contributed by atoms with Gasteiger partial charge in [0.25, 0.3) is 11.8 Å². The Balaban J connectivity index is 1.54. The normalized spacial score (nSPS) is 14.5. The summed E-state index contributed by atoms with van der Waals surface area (Å²) in [5.74, 6) is -0.715. The highest BCUT2D eigenvalue weighted by molar-refractivity contribution is 6.31. The molecule has 0 spiro atoms. The van der Waals surface area contributed by atoms with Crippen molar-refractivity contribution in [2.75, 3.05) is 11.6 Å². The number of nitrogens with zero attached hydrogens (tertiary/aromatic N) is 2. The van der Waals surface area contributed by atoms with Gasteiger partial charge in [0.1, 0.15) is 11.3 Å². The Hall–Kier alpha value is -4.33. The van der Waals surface area contributed by atoms with Crippen molar-refractivity contribution in [2.24, 2.45) is 0 Å². The minimum Gasteiger partial charge on any atom is -0.482 e. The van der Waals surface area contributed by atoms with Crippen molar-refractivity contribution in [3.8, 4) is 11.4 Å². The number of anilines is 1. The molecule has 0 atom stereocenters. The molecule has 4 rings (SSSR count). The molecule has 8 heteroatoms. The molecule has 2 amide bonds. The highest BCUT2D eigenvalue weighted by Gasteiger charge is 2.34. The highest BCUT2D eigenvalue weighted by Crippen LogP contribution is 2.26. The van der Waals surface area contributed by atoms with E-state index in [2.05, 4.69) is 5.43 Å². The number of hydrazine groups is 1. The van der Waals surface area contributed by atoms with Crippen LogP contribution >= 0.6 is 0 Å². The Morgan fingerprint density at radius 1 is 1.00 bits per heavy atom. The molecule has 1 saturated heterocycles. The van der Waals surface area contributed by atoms with E-state index in [0.717, 1.165) is 22.6 Å². The number of carbonyl (C=O) groups is 3. The largest absolute Gasteiger partial charge is 0.482 e. The minimum atomic E-state index is -0.443. The Kier molecular flexibility index (Phi) is 6.73. The van der Waals surface area contributed by atoms with Gasteiger partial charge in [-0.25, -0.2) is 9.80 Å². The molecule has 8 nitrogen and oxygen atoms in total. The molecule has 1 aliphatic heterocycles. The van der Waals surface area contributed by atoms with E-state index in [1.165, 1.54) is 5.01 Å². The molecule has 0 aliphatic carbocycles. The number of hydrogen-bond donors (Lipinski definition) is 1. The lowest BCUT2D eigenvalue weighted by molar-refractivity contribution is -0.149. The molecule has 1 fully saturated rings. The van der Waals surface area contributed by atoms with Gasteiger partial charge in [0.15, 0.2) is 6.61 Å². The topological polar surface area (TPSA) is 89.9 Å². The van der Waals surface area contributed by atoms with Crippen LogP contribution in [-0.4, -0.2) is 35.1 Å². The zero-order chi connectivity index (χ0) is 25.1. The molecule has 3 aromatic rings. The van der Waals surface area contributed by atoms with E-state index in [9.17, 15) is 14.4 Å². The van der Waals surface area contributed by atoms with Gasteiger partial charge in [-0.15, -0.1) is 0 Å². The van der Waals surface area contributed by atoms with E-state index < -0.39 is 17.8 Å². The number of ether oxygens (including phenoxy) is 2. The third kappa shape index (κ3) is 5.11. The first-order valence-corrected chi connectivity index (χ1v) is 11.3. The smallest absolute Gasteiger partial charge is 0.344 e. The monoisotopic (exact) mass is 473 g/mol. The van der Waals surface area contributed by atoms with Crippen molar-refractivity contribution in [1.82, 2.24) is 9.99 Å². The number of benzene rings is 2. The third-order valence-corrected chi connectivity index (χ3v) is 5.49. The van der Waals surface area contributed by atoms with Gasteiger partial charge in [-0.2, -0.15) is 0 Å². The summed E-state index contributed by atoms with van der Waals surface area (Å²) in [6.07, 6.45) is 1.43. The fourth-order valence-corrected chi connectivity index (χ4v) is 3.93. The molecule has 0 saturated carbocycles. The second-order valence-corrected chi connectivity index (χ2v) is 8.46. The summed E-state index contributed by atoms with van der Waals surface area (Å²) in [5.41, 5.74) is 6.77. The Labute approximate surface area is 203 Å². The van der Waals surface area contributed by atoms with Crippen LogP contribution in [0.15, 0.2) is 66.2 Å². The molecule has 1 N–H and O–H groups in total. The summed E-state index contributed by atoms with van der Waals surface area (Å²) in [5, 5.41) is 1.25. The van der Waals surface area contributed by atoms with Gasteiger partial charge in [0.05, 0.1) is 11.8 Å². The summed E-state index contributed by atoms with van der Waals surface area (Å²) in [7, 11) is 0. The van der Waals surface area contributed by atoms with Crippen molar-refractivity contribution in [3.05, 3.63) is 83.2 Å². The fraction of sp³-hybridized carbons (Fsp3) is 0.222. The fourth-order valence-electron chi connectivity index (χ4n) is 3.93. The molecule has 1 aliphatic rings. The van der Waals surface area contributed by atoms with Crippen LogP contribution in [0.3, 0.4) is 0 Å². The Bertz CT molecular complexity index is 1290. The van der Waals surface area contributed by atoms with Crippen molar-refractivity contribution >= 4 is 29.5 Å². The molecule has 2 heterocycles. The van der Waals surface area contributed by atoms with Crippen molar-refractivity contribution in [3.63, 3.8) is 0 Å². The van der Waals surface area contributed by atoms with Crippen LogP contribution in [0.2, 0.25) is 0 Å². The van der Waals surface area contributed by atoms with E-state index >= 15 is 0 Å². The summed E-state index contributed by atoms with van der Waals surface area (Å²) in [6.45, 7) is 7.29. The third-order valence-electron chi connectivity index (χ3n) is 5.49. The van der Waals surface area contributed by atoms with Gasteiger partial charge in [0.2, 0.25) is 0 Å². The zero-order valence-electron chi connectivity index (χ0n) is 20.1. The van der Waals surface area contributed by atoms with Gasteiger partial charge in [0, 0.05) is 17.1 Å². The standard InChI is InChI=1S/C27H27N3O5/c1-17(2)35-25(31)16-34-23-12-10-21(11-13-23)29-18(3)14-20(19(29)4)15-24-26(32)28-30(27(24)33)22-8-6-5-7-9-22/h5-15,17H,16H2,1-4H3,(H,28,32). The number of hydrogen-bond acceptors (Lipinski definition) is 5. The molecule has 0 unspecified atom stereocenters.